The number of amides is 1. The minimum absolute atomic E-state index is 0.0785. The number of alkyl halides is 6. The summed E-state index contributed by atoms with van der Waals surface area (Å²) in [7, 11) is 0. The van der Waals surface area contributed by atoms with Gasteiger partial charge >= 0.3 is 12.4 Å². The van der Waals surface area contributed by atoms with Crippen molar-refractivity contribution in [3.8, 4) is 11.5 Å². The Kier molecular flexibility index (Phi) is 9.79. The number of carbonyl (C=O) groups excluding carboxylic acids is 1. The number of hydrogen-bond acceptors (Lipinski definition) is 4. The topological polar surface area (TPSA) is 71.6 Å². The van der Waals surface area contributed by atoms with Crippen molar-refractivity contribution >= 4 is 34.6 Å². The van der Waals surface area contributed by atoms with E-state index in [4.69, 9.17) is 17.0 Å². The molecule has 1 amide bonds. The fourth-order valence-electron chi connectivity index (χ4n) is 3.29. The molecule has 3 N–H and O–H groups in total. The average molecular weight is 590 g/mol. The maximum Gasteiger partial charge on any atom is 0.422 e. The molecular formula is C26H22F7N3O3S. The van der Waals surface area contributed by atoms with E-state index in [-0.39, 0.29) is 27.7 Å². The van der Waals surface area contributed by atoms with Crippen LogP contribution in [0.1, 0.15) is 28.9 Å². The Morgan fingerprint density at radius 3 is 1.95 bits per heavy atom. The van der Waals surface area contributed by atoms with Crippen LogP contribution < -0.4 is 25.4 Å². The van der Waals surface area contributed by atoms with Gasteiger partial charge in [-0.05, 0) is 79.8 Å². The fraction of sp³-hybridized carbons (Fsp3) is 0.231. The van der Waals surface area contributed by atoms with Crippen LogP contribution >= 0.6 is 12.2 Å². The highest BCUT2D eigenvalue weighted by Crippen LogP contribution is 2.32. The summed E-state index contributed by atoms with van der Waals surface area (Å²) in [6, 6.07) is 14.0. The SMILES string of the molecule is CC(NC(=S)Nc1ccc(NC(=O)c2ccc(F)cc2)cc1)c1ccc(OCC(F)(F)F)cc1OCC(F)(F)F. The Balaban J connectivity index is 1.63. The van der Waals surface area contributed by atoms with E-state index in [0.29, 0.717) is 11.4 Å². The van der Waals surface area contributed by atoms with Gasteiger partial charge in [0.1, 0.15) is 17.3 Å². The molecule has 214 valence electrons. The summed E-state index contributed by atoms with van der Waals surface area (Å²) in [5.74, 6) is -1.56. The van der Waals surface area contributed by atoms with Gasteiger partial charge in [0.25, 0.3) is 5.91 Å². The second kappa shape index (κ2) is 12.9. The molecule has 6 nitrogen and oxygen atoms in total. The summed E-state index contributed by atoms with van der Waals surface area (Å²) in [6.45, 7) is -1.72. The first kappa shape index (κ1) is 30.5. The Labute approximate surface area is 229 Å². The van der Waals surface area contributed by atoms with Gasteiger partial charge in [0.15, 0.2) is 18.3 Å². The van der Waals surface area contributed by atoms with E-state index in [1.807, 2.05) is 0 Å². The molecule has 0 heterocycles. The lowest BCUT2D eigenvalue weighted by molar-refractivity contribution is -0.154. The van der Waals surface area contributed by atoms with Crippen molar-refractivity contribution in [3.63, 3.8) is 0 Å². The zero-order valence-electron chi connectivity index (χ0n) is 20.6. The molecule has 0 aromatic heterocycles. The summed E-state index contributed by atoms with van der Waals surface area (Å²) in [5.41, 5.74) is 1.41. The largest absolute Gasteiger partial charge is 0.484 e. The molecule has 0 aliphatic carbocycles. The Hall–Kier alpha value is -4.07. The first-order valence-electron chi connectivity index (χ1n) is 11.5. The Bertz CT molecular complexity index is 1320. The van der Waals surface area contributed by atoms with Crippen LogP contribution in [0.2, 0.25) is 0 Å². The third-order valence-electron chi connectivity index (χ3n) is 5.10. The minimum atomic E-state index is -4.68. The second-order valence-corrected chi connectivity index (χ2v) is 8.77. The highest BCUT2D eigenvalue weighted by Gasteiger charge is 2.30. The van der Waals surface area contributed by atoms with Gasteiger partial charge in [-0.25, -0.2) is 4.39 Å². The van der Waals surface area contributed by atoms with Crippen molar-refractivity contribution in [2.45, 2.75) is 25.3 Å². The zero-order chi connectivity index (χ0) is 29.5. The fourth-order valence-corrected chi connectivity index (χ4v) is 3.59. The van der Waals surface area contributed by atoms with Gasteiger partial charge < -0.3 is 25.4 Å². The molecule has 3 rings (SSSR count). The van der Waals surface area contributed by atoms with E-state index in [0.717, 1.165) is 6.07 Å². The Morgan fingerprint density at radius 2 is 1.38 bits per heavy atom. The standard InChI is InChI=1S/C26H22F7N3O3S/c1-15(21-11-10-20(38-13-25(28,29)30)12-22(21)39-14-26(31,32)33)34-24(40)36-19-8-6-18(7-9-19)35-23(37)16-2-4-17(27)5-3-16/h2-12,15H,13-14H2,1H3,(H,35,37)(H2,34,36,40). The van der Waals surface area contributed by atoms with Gasteiger partial charge in [0, 0.05) is 28.6 Å². The van der Waals surface area contributed by atoms with Crippen molar-refractivity contribution < 1.29 is 45.0 Å². The summed E-state index contributed by atoms with van der Waals surface area (Å²) < 4.78 is 98.1. The zero-order valence-corrected chi connectivity index (χ0v) is 21.4. The van der Waals surface area contributed by atoms with E-state index in [1.165, 1.54) is 36.4 Å². The maximum absolute atomic E-state index is 13.0. The monoisotopic (exact) mass is 589 g/mol. The second-order valence-electron chi connectivity index (χ2n) is 8.37. The van der Waals surface area contributed by atoms with Crippen molar-refractivity contribution in [1.29, 1.82) is 0 Å². The molecule has 0 saturated carbocycles. The van der Waals surface area contributed by atoms with Crippen molar-refractivity contribution in [1.82, 2.24) is 5.32 Å². The Morgan fingerprint density at radius 1 is 0.825 bits per heavy atom. The van der Waals surface area contributed by atoms with Gasteiger partial charge in [-0.2, -0.15) is 26.3 Å². The summed E-state index contributed by atoms with van der Waals surface area (Å²) in [6.07, 6.45) is -9.32. The molecule has 1 unspecified atom stereocenters. The third-order valence-corrected chi connectivity index (χ3v) is 5.32. The molecule has 0 bridgehead atoms. The number of rotatable bonds is 9. The lowest BCUT2D eigenvalue weighted by Gasteiger charge is -2.21. The van der Waals surface area contributed by atoms with Crippen molar-refractivity contribution in [2.24, 2.45) is 0 Å². The molecule has 0 aliphatic rings. The molecular weight excluding hydrogens is 567 g/mol. The number of ether oxygens (including phenoxy) is 2. The van der Waals surface area contributed by atoms with Crippen LogP contribution in [0.4, 0.5) is 42.1 Å². The highest BCUT2D eigenvalue weighted by molar-refractivity contribution is 7.80. The van der Waals surface area contributed by atoms with E-state index in [1.54, 1.807) is 31.2 Å². The molecule has 0 fully saturated rings. The van der Waals surface area contributed by atoms with Crippen LogP contribution in [0, 0.1) is 5.82 Å². The number of benzene rings is 3. The predicted octanol–water partition coefficient (Wildman–Crippen LogP) is 7.01. The predicted molar refractivity (Wildman–Crippen MR) is 138 cm³/mol. The molecule has 14 heteroatoms. The van der Waals surface area contributed by atoms with E-state index in [2.05, 4.69) is 20.7 Å². The molecule has 0 spiro atoms. The first-order valence-corrected chi connectivity index (χ1v) is 11.9. The van der Waals surface area contributed by atoms with E-state index >= 15 is 0 Å². The number of hydrogen-bond donors (Lipinski definition) is 3. The number of anilines is 2. The first-order chi connectivity index (χ1) is 18.7. The van der Waals surface area contributed by atoms with E-state index in [9.17, 15) is 35.5 Å². The number of nitrogens with one attached hydrogen (secondary N) is 3. The molecule has 3 aromatic carbocycles. The summed E-state index contributed by atoms with van der Waals surface area (Å²) >= 11 is 5.27. The van der Waals surface area contributed by atoms with Crippen LogP contribution in [0.15, 0.2) is 66.7 Å². The van der Waals surface area contributed by atoms with Crippen LogP contribution in [-0.4, -0.2) is 36.6 Å². The third kappa shape index (κ3) is 9.91. The quantitative estimate of drug-likeness (QED) is 0.184. The molecule has 3 aromatic rings. The van der Waals surface area contributed by atoms with E-state index < -0.39 is 43.3 Å². The van der Waals surface area contributed by atoms with Gasteiger partial charge in [-0.1, -0.05) is 0 Å². The summed E-state index contributed by atoms with van der Waals surface area (Å²) in [4.78, 5) is 12.3. The number of carbonyl (C=O) groups is 1. The van der Waals surface area contributed by atoms with Gasteiger partial charge in [0.2, 0.25) is 0 Å². The molecule has 0 aliphatic heterocycles. The molecule has 40 heavy (non-hydrogen) atoms. The van der Waals surface area contributed by atoms with Gasteiger partial charge in [-0.3, -0.25) is 4.79 Å². The maximum atomic E-state index is 13.0. The van der Waals surface area contributed by atoms with Crippen LogP contribution in [0.3, 0.4) is 0 Å². The smallest absolute Gasteiger partial charge is 0.422 e. The van der Waals surface area contributed by atoms with Crippen LogP contribution in [0.5, 0.6) is 11.5 Å². The average Bonchev–Trinajstić information content (AvgIpc) is 2.87. The van der Waals surface area contributed by atoms with Crippen molar-refractivity contribution in [3.05, 3.63) is 83.7 Å². The molecule has 1 atom stereocenters. The van der Waals surface area contributed by atoms with Crippen LogP contribution in [-0.2, 0) is 0 Å². The number of halogens is 7. The van der Waals surface area contributed by atoms with Crippen LogP contribution in [0.25, 0.3) is 0 Å². The molecule has 0 saturated heterocycles. The molecule has 0 radical (unpaired) electrons. The van der Waals surface area contributed by atoms with Gasteiger partial charge in [0.05, 0.1) is 6.04 Å². The normalized spacial score (nSPS) is 12.3. The lowest BCUT2D eigenvalue weighted by Crippen LogP contribution is -2.31. The minimum Gasteiger partial charge on any atom is -0.484 e. The highest BCUT2D eigenvalue weighted by atomic mass is 32.1. The lowest BCUT2D eigenvalue weighted by atomic mass is 10.1. The van der Waals surface area contributed by atoms with Crippen molar-refractivity contribution in [2.75, 3.05) is 23.8 Å². The summed E-state index contributed by atoms with van der Waals surface area (Å²) in [5, 5.41) is 8.49. The van der Waals surface area contributed by atoms with Gasteiger partial charge in [-0.15, -0.1) is 0 Å². The number of thiocarbonyl (C=S) groups is 1.